The summed E-state index contributed by atoms with van der Waals surface area (Å²) in [6.07, 6.45) is 1.69. The Morgan fingerprint density at radius 3 is 2.68 bits per heavy atom. The van der Waals surface area contributed by atoms with Gasteiger partial charge in [0, 0.05) is 24.2 Å². The number of nitrogens with zero attached hydrogens (tertiary/aromatic N) is 1. The lowest BCUT2D eigenvalue weighted by molar-refractivity contribution is 0.281. The highest BCUT2D eigenvalue weighted by atomic mass is 16.5. The fourth-order valence-corrected chi connectivity index (χ4v) is 2.11. The van der Waals surface area contributed by atoms with Gasteiger partial charge in [-0.2, -0.15) is 0 Å². The van der Waals surface area contributed by atoms with Crippen LogP contribution in [0.5, 0.6) is 5.75 Å². The number of para-hydroxylation sites is 1. The lowest BCUT2D eigenvalue weighted by atomic mass is 10.2. The minimum absolute atomic E-state index is 0.508. The van der Waals surface area contributed by atoms with E-state index in [1.54, 1.807) is 13.4 Å². The van der Waals surface area contributed by atoms with Gasteiger partial charge in [-0.1, -0.05) is 18.2 Å². The van der Waals surface area contributed by atoms with Crippen LogP contribution in [0.1, 0.15) is 16.9 Å². The molecule has 0 bridgehead atoms. The van der Waals surface area contributed by atoms with E-state index in [0.717, 1.165) is 35.7 Å². The zero-order valence-electron chi connectivity index (χ0n) is 11.4. The topological polar surface area (TPSA) is 51.6 Å². The number of rotatable bonds is 6. The Labute approximate surface area is 113 Å². The molecule has 0 aliphatic rings. The van der Waals surface area contributed by atoms with Crippen LogP contribution in [-0.4, -0.2) is 19.1 Å². The lowest BCUT2D eigenvalue weighted by Crippen LogP contribution is -2.18. The molecule has 0 spiro atoms. The van der Waals surface area contributed by atoms with E-state index in [4.69, 9.17) is 14.9 Å². The second-order valence-electron chi connectivity index (χ2n) is 4.56. The average molecular weight is 260 g/mol. The highest BCUT2D eigenvalue weighted by Crippen LogP contribution is 2.20. The van der Waals surface area contributed by atoms with Gasteiger partial charge < -0.3 is 14.9 Å². The maximum absolute atomic E-state index is 5.67. The van der Waals surface area contributed by atoms with Crippen molar-refractivity contribution in [1.82, 2.24) is 4.90 Å². The van der Waals surface area contributed by atoms with Crippen molar-refractivity contribution >= 4 is 0 Å². The van der Waals surface area contributed by atoms with Crippen LogP contribution in [0.25, 0.3) is 0 Å². The quantitative estimate of drug-likeness (QED) is 0.866. The van der Waals surface area contributed by atoms with Gasteiger partial charge in [-0.05, 0) is 19.2 Å². The largest absolute Gasteiger partial charge is 0.496 e. The third-order valence-electron chi connectivity index (χ3n) is 3.10. The fourth-order valence-electron chi connectivity index (χ4n) is 2.11. The molecule has 0 unspecified atom stereocenters. The number of methoxy groups -OCH3 is 1. The standard InChI is InChI=1S/C15H20N2O2/c1-17(11-15-12(9-16)7-8-19-15)10-13-5-3-4-6-14(13)18-2/h3-8H,9-11,16H2,1-2H3. The monoisotopic (exact) mass is 260 g/mol. The third-order valence-corrected chi connectivity index (χ3v) is 3.10. The number of benzene rings is 1. The van der Waals surface area contributed by atoms with E-state index >= 15 is 0 Å². The van der Waals surface area contributed by atoms with Gasteiger partial charge in [0.05, 0.1) is 19.9 Å². The molecule has 102 valence electrons. The molecule has 1 aromatic carbocycles. The van der Waals surface area contributed by atoms with Crippen LogP contribution in [-0.2, 0) is 19.6 Å². The molecule has 0 radical (unpaired) electrons. The van der Waals surface area contributed by atoms with Crippen LogP contribution in [0.4, 0.5) is 0 Å². The van der Waals surface area contributed by atoms with Crippen molar-refractivity contribution in [1.29, 1.82) is 0 Å². The van der Waals surface area contributed by atoms with Gasteiger partial charge in [-0.15, -0.1) is 0 Å². The average Bonchev–Trinajstić information content (AvgIpc) is 2.86. The number of ether oxygens (including phenoxy) is 1. The molecule has 0 fully saturated rings. The molecular formula is C15H20N2O2. The number of furan rings is 1. The minimum atomic E-state index is 0.508. The molecule has 0 saturated carbocycles. The van der Waals surface area contributed by atoms with E-state index in [1.165, 1.54) is 0 Å². The first-order chi connectivity index (χ1) is 9.24. The molecule has 1 heterocycles. The molecule has 2 N–H and O–H groups in total. The van der Waals surface area contributed by atoms with E-state index < -0.39 is 0 Å². The molecule has 0 amide bonds. The van der Waals surface area contributed by atoms with Crippen LogP contribution in [0, 0.1) is 0 Å². The van der Waals surface area contributed by atoms with Crippen molar-refractivity contribution in [2.24, 2.45) is 5.73 Å². The van der Waals surface area contributed by atoms with Gasteiger partial charge in [0.15, 0.2) is 0 Å². The van der Waals surface area contributed by atoms with Gasteiger partial charge in [-0.25, -0.2) is 0 Å². The second kappa shape index (κ2) is 6.41. The van der Waals surface area contributed by atoms with Crippen molar-refractivity contribution < 1.29 is 9.15 Å². The van der Waals surface area contributed by atoms with Crippen molar-refractivity contribution in [3.8, 4) is 5.75 Å². The Morgan fingerprint density at radius 1 is 1.16 bits per heavy atom. The highest BCUT2D eigenvalue weighted by molar-refractivity contribution is 5.33. The molecule has 4 nitrogen and oxygen atoms in total. The van der Waals surface area contributed by atoms with E-state index in [9.17, 15) is 0 Å². The second-order valence-corrected chi connectivity index (χ2v) is 4.56. The van der Waals surface area contributed by atoms with Crippen molar-refractivity contribution in [3.05, 3.63) is 53.5 Å². The van der Waals surface area contributed by atoms with Crippen LogP contribution in [0.2, 0.25) is 0 Å². The fraction of sp³-hybridized carbons (Fsp3) is 0.333. The Bertz CT molecular complexity index is 522. The summed E-state index contributed by atoms with van der Waals surface area (Å²) in [5.74, 6) is 1.84. The summed E-state index contributed by atoms with van der Waals surface area (Å²) < 4.78 is 10.8. The van der Waals surface area contributed by atoms with Crippen molar-refractivity contribution in [2.75, 3.05) is 14.2 Å². The van der Waals surface area contributed by atoms with Crippen molar-refractivity contribution in [3.63, 3.8) is 0 Å². The Morgan fingerprint density at radius 2 is 1.95 bits per heavy atom. The number of hydrogen-bond acceptors (Lipinski definition) is 4. The normalized spacial score (nSPS) is 10.9. The van der Waals surface area contributed by atoms with E-state index in [2.05, 4.69) is 18.0 Å². The van der Waals surface area contributed by atoms with Gasteiger partial charge in [0.1, 0.15) is 11.5 Å². The molecule has 4 heteroatoms. The summed E-state index contributed by atoms with van der Waals surface area (Å²) in [6.45, 7) is 2.04. The zero-order chi connectivity index (χ0) is 13.7. The zero-order valence-corrected chi connectivity index (χ0v) is 11.4. The Balaban J connectivity index is 2.03. The van der Waals surface area contributed by atoms with Crippen molar-refractivity contribution in [2.45, 2.75) is 19.6 Å². The maximum Gasteiger partial charge on any atom is 0.123 e. The van der Waals surface area contributed by atoms with Gasteiger partial charge in [-0.3, -0.25) is 4.90 Å². The lowest BCUT2D eigenvalue weighted by Gasteiger charge is -2.17. The van der Waals surface area contributed by atoms with Crippen LogP contribution < -0.4 is 10.5 Å². The molecule has 0 aliphatic carbocycles. The predicted octanol–water partition coefficient (Wildman–Crippen LogP) is 2.38. The van der Waals surface area contributed by atoms with Crippen LogP contribution in [0.15, 0.2) is 41.0 Å². The molecule has 1 aromatic heterocycles. The summed E-state index contributed by atoms with van der Waals surface area (Å²) in [4.78, 5) is 2.18. The highest BCUT2D eigenvalue weighted by Gasteiger charge is 2.10. The summed E-state index contributed by atoms with van der Waals surface area (Å²) in [5.41, 5.74) is 7.89. The summed E-state index contributed by atoms with van der Waals surface area (Å²) >= 11 is 0. The summed E-state index contributed by atoms with van der Waals surface area (Å²) in [5, 5.41) is 0. The molecule has 19 heavy (non-hydrogen) atoms. The maximum atomic E-state index is 5.67. The van der Waals surface area contributed by atoms with E-state index in [1.807, 2.05) is 24.3 Å². The molecule has 0 atom stereocenters. The molecule has 2 rings (SSSR count). The van der Waals surface area contributed by atoms with Crippen LogP contribution in [0.3, 0.4) is 0 Å². The van der Waals surface area contributed by atoms with Crippen LogP contribution >= 0.6 is 0 Å². The molecule has 2 aromatic rings. The molecule has 0 saturated heterocycles. The third kappa shape index (κ3) is 3.36. The SMILES string of the molecule is COc1ccccc1CN(C)Cc1occc1CN. The first kappa shape index (κ1) is 13.6. The summed E-state index contributed by atoms with van der Waals surface area (Å²) in [6, 6.07) is 9.96. The molecule has 0 aliphatic heterocycles. The number of nitrogens with two attached hydrogens (primary N) is 1. The van der Waals surface area contributed by atoms with Gasteiger partial charge in [0.2, 0.25) is 0 Å². The van der Waals surface area contributed by atoms with E-state index in [0.29, 0.717) is 6.54 Å². The number of hydrogen-bond donors (Lipinski definition) is 1. The molecular weight excluding hydrogens is 240 g/mol. The van der Waals surface area contributed by atoms with Gasteiger partial charge in [0.25, 0.3) is 0 Å². The smallest absolute Gasteiger partial charge is 0.123 e. The van der Waals surface area contributed by atoms with E-state index in [-0.39, 0.29) is 0 Å². The minimum Gasteiger partial charge on any atom is -0.496 e. The Kier molecular flexibility index (Phi) is 4.60. The first-order valence-corrected chi connectivity index (χ1v) is 6.30. The Hall–Kier alpha value is -1.78. The first-order valence-electron chi connectivity index (χ1n) is 6.30. The van der Waals surface area contributed by atoms with Gasteiger partial charge >= 0.3 is 0 Å². The predicted molar refractivity (Wildman–Crippen MR) is 74.8 cm³/mol. The summed E-state index contributed by atoms with van der Waals surface area (Å²) in [7, 11) is 3.74.